The molecule has 0 aliphatic heterocycles. The molecule has 4 fully saturated rings. The summed E-state index contributed by atoms with van der Waals surface area (Å²) in [4.78, 5) is 10.8. The maximum absolute atomic E-state index is 11.6. The van der Waals surface area contributed by atoms with Gasteiger partial charge in [-0.2, -0.15) is 0 Å². The number of carboxylic acid groups (broad SMARTS) is 1. The predicted molar refractivity (Wildman–Crippen MR) is 98.2 cm³/mol. The third-order valence-electron chi connectivity index (χ3n) is 9.15. The second-order valence-corrected chi connectivity index (χ2v) is 9.99. The summed E-state index contributed by atoms with van der Waals surface area (Å²) in [6.07, 6.45) is 14.7. The Labute approximate surface area is 152 Å². The average Bonchev–Trinajstić information content (AvgIpc) is 2.91. The van der Waals surface area contributed by atoms with Crippen molar-refractivity contribution in [3.8, 4) is 0 Å². The van der Waals surface area contributed by atoms with Gasteiger partial charge in [-0.25, -0.2) is 0 Å². The lowest BCUT2D eigenvalue weighted by Gasteiger charge is -2.60. The molecule has 0 heterocycles. The fourth-order valence-electron chi connectivity index (χ4n) is 7.94. The van der Waals surface area contributed by atoms with Crippen LogP contribution in [0, 0.1) is 35.0 Å². The number of rotatable bonds is 4. The molecule has 7 atom stereocenters. The van der Waals surface area contributed by atoms with E-state index in [1.807, 2.05) is 0 Å². The van der Waals surface area contributed by atoms with Crippen molar-refractivity contribution in [2.24, 2.45) is 35.0 Å². The Morgan fingerprint density at radius 2 is 1.84 bits per heavy atom. The smallest absolute Gasteiger partial charge is 0.303 e. The normalized spacial score (nSPS) is 49.1. The van der Waals surface area contributed by atoms with Crippen LogP contribution in [0.1, 0.15) is 90.4 Å². The molecular weight excluding hydrogens is 312 g/mol. The van der Waals surface area contributed by atoms with Crippen molar-refractivity contribution in [1.29, 1.82) is 0 Å². The molecule has 4 rings (SSSR count). The molecule has 3 nitrogen and oxygen atoms in total. The van der Waals surface area contributed by atoms with E-state index in [0.717, 1.165) is 43.4 Å². The SMILES string of the molecule is C[C@]12CCCC[C@H]1CCC1C3CCC(CCCC(=O)O)C3(O)CCC12. The van der Waals surface area contributed by atoms with Gasteiger partial charge in [-0.15, -0.1) is 0 Å². The molecule has 3 heteroatoms. The first-order valence-corrected chi connectivity index (χ1v) is 10.9. The van der Waals surface area contributed by atoms with Crippen LogP contribution in [0.4, 0.5) is 0 Å². The molecule has 25 heavy (non-hydrogen) atoms. The lowest BCUT2D eigenvalue weighted by Crippen LogP contribution is -2.56. The van der Waals surface area contributed by atoms with Crippen LogP contribution in [0.5, 0.6) is 0 Å². The Bertz CT molecular complexity index is 517. The minimum Gasteiger partial charge on any atom is -0.481 e. The highest BCUT2D eigenvalue weighted by Gasteiger charge is 2.60. The van der Waals surface area contributed by atoms with E-state index in [1.54, 1.807) is 0 Å². The number of carboxylic acids is 1. The van der Waals surface area contributed by atoms with E-state index in [1.165, 1.54) is 51.4 Å². The first-order valence-electron chi connectivity index (χ1n) is 10.9. The van der Waals surface area contributed by atoms with Gasteiger partial charge in [0.15, 0.2) is 0 Å². The molecule has 142 valence electrons. The van der Waals surface area contributed by atoms with Crippen molar-refractivity contribution in [3.05, 3.63) is 0 Å². The highest BCUT2D eigenvalue weighted by molar-refractivity contribution is 5.66. The van der Waals surface area contributed by atoms with Gasteiger partial charge < -0.3 is 10.2 Å². The van der Waals surface area contributed by atoms with Gasteiger partial charge in [0.25, 0.3) is 0 Å². The second kappa shape index (κ2) is 6.55. The zero-order chi connectivity index (χ0) is 17.7. The van der Waals surface area contributed by atoms with Crippen molar-refractivity contribution in [2.45, 2.75) is 96.0 Å². The van der Waals surface area contributed by atoms with Crippen LogP contribution in [0.2, 0.25) is 0 Å². The van der Waals surface area contributed by atoms with Gasteiger partial charge in [0.05, 0.1) is 5.60 Å². The summed E-state index contributed by atoms with van der Waals surface area (Å²) < 4.78 is 0. The molecule has 0 aromatic heterocycles. The highest BCUT2D eigenvalue weighted by Crippen LogP contribution is 2.65. The topological polar surface area (TPSA) is 57.5 Å². The number of hydrogen-bond donors (Lipinski definition) is 2. The first kappa shape index (κ1) is 17.8. The maximum atomic E-state index is 11.6. The molecule has 0 amide bonds. The minimum absolute atomic E-state index is 0.253. The van der Waals surface area contributed by atoms with Gasteiger partial charge in [-0.05, 0) is 99.2 Å². The van der Waals surface area contributed by atoms with Gasteiger partial charge >= 0.3 is 5.97 Å². The summed E-state index contributed by atoms with van der Waals surface area (Å²) in [5.41, 5.74) is 0.0431. The molecule has 2 N–H and O–H groups in total. The van der Waals surface area contributed by atoms with E-state index in [9.17, 15) is 9.90 Å². The highest BCUT2D eigenvalue weighted by atomic mass is 16.4. The monoisotopic (exact) mass is 348 g/mol. The van der Waals surface area contributed by atoms with Crippen molar-refractivity contribution >= 4 is 5.97 Å². The third kappa shape index (κ3) is 2.85. The molecule has 5 unspecified atom stereocenters. The largest absolute Gasteiger partial charge is 0.481 e. The van der Waals surface area contributed by atoms with Crippen LogP contribution in [0.25, 0.3) is 0 Å². The number of aliphatic hydroxyl groups is 1. The standard InChI is InChI=1S/C22H36O3/c1-21-13-3-2-5-15(21)8-10-17-18(21)12-14-22(25)16(9-11-19(17)22)6-4-7-20(23)24/h15-19,25H,2-14H2,1H3,(H,23,24)/t15-,16?,17?,18?,19?,21-,22?/m0/s1. The summed E-state index contributed by atoms with van der Waals surface area (Å²) in [6, 6.07) is 0. The van der Waals surface area contributed by atoms with E-state index < -0.39 is 11.6 Å². The van der Waals surface area contributed by atoms with Crippen LogP contribution in [0.15, 0.2) is 0 Å². The summed E-state index contributed by atoms with van der Waals surface area (Å²) >= 11 is 0. The van der Waals surface area contributed by atoms with Gasteiger partial charge in [0, 0.05) is 6.42 Å². The summed E-state index contributed by atoms with van der Waals surface area (Å²) in [7, 11) is 0. The van der Waals surface area contributed by atoms with Crippen LogP contribution in [-0.4, -0.2) is 21.8 Å². The quantitative estimate of drug-likeness (QED) is 0.750. The molecule has 4 saturated carbocycles. The van der Waals surface area contributed by atoms with Gasteiger partial charge in [-0.1, -0.05) is 19.8 Å². The molecule has 4 aliphatic rings. The van der Waals surface area contributed by atoms with Crippen LogP contribution >= 0.6 is 0 Å². The molecule has 0 radical (unpaired) electrons. The van der Waals surface area contributed by atoms with Crippen molar-refractivity contribution in [3.63, 3.8) is 0 Å². The molecule has 0 saturated heterocycles. The zero-order valence-electron chi connectivity index (χ0n) is 15.9. The van der Waals surface area contributed by atoms with Crippen molar-refractivity contribution < 1.29 is 15.0 Å². The van der Waals surface area contributed by atoms with E-state index in [4.69, 9.17) is 5.11 Å². The second-order valence-electron chi connectivity index (χ2n) is 9.99. The predicted octanol–water partition coefficient (Wildman–Crippen LogP) is 5.02. The van der Waals surface area contributed by atoms with E-state index in [2.05, 4.69) is 6.92 Å². The summed E-state index contributed by atoms with van der Waals surface area (Å²) in [6.45, 7) is 2.58. The molecule has 4 aliphatic carbocycles. The minimum atomic E-state index is -0.700. The van der Waals surface area contributed by atoms with Gasteiger partial charge in [0.2, 0.25) is 0 Å². The van der Waals surface area contributed by atoms with E-state index in [-0.39, 0.29) is 6.42 Å². The van der Waals surface area contributed by atoms with E-state index in [0.29, 0.717) is 17.3 Å². The Morgan fingerprint density at radius 1 is 1.00 bits per heavy atom. The summed E-state index contributed by atoms with van der Waals surface area (Å²) in [5, 5.41) is 20.5. The number of aliphatic carboxylic acids is 1. The Balaban J connectivity index is 1.48. The van der Waals surface area contributed by atoms with Crippen molar-refractivity contribution in [2.75, 3.05) is 0 Å². The van der Waals surface area contributed by atoms with Crippen LogP contribution < -0.4 is 0 Å². The van der Waals surface area contributed by atoms with Gasteiger partial charge in [0.1, 0.15) is 0 Å². The summed E-state index contributed by atoms with van der Waals surface area (Å²) in [5.74, 6) is 2.61. The first-order chi connectivity index (χ1) is 11.9. The Morgan fingerprint density at radius 3 is 2.64 bits per heavy atom. The number of carbonyl (C=O) groups is 1. The average molecular weight is 349 g/mol. The Hall–Kier alpha value is -0.570. The van der Waals surface area contributed by atoms with E-state index >= 15 is 0 Å². The lowest BCUT2D eigenvalue weighted by molar-refractivity contribution is -0.156. The fraction of sp³-hybridized carbons (Fsp3) is 0.955. The number of fused-ring (bicyclic) bond motifs is 5. The zero-order valence-corrected chi connectivity index (χ0v) is 15.9. The van der Waals surface area contributed by atoms with Crippen molar-refractivity contribution in [1.82, 2.24) is 0 Å². The maximum Gasteiger partial charge on any atom is 0.303 e. The van der Waals surface area contributed by atoms with Gasteiger partial charge in [-0.3, -0.25) is 4.79 Å². The molecule has 0 bridgehead atoms. The third-order valence-corrected chi connectivity index (χ3v) is 9.15. The fourth-order valence-corrected chi connectivity index (χ4v) is 7.94. The molecular formula is C22H36O3. The molecule has 0 spiro atoms. The molecule has 0 aromatic rings. The Kier molecular flexibility index (Phi) is 4.67. The lowest BCUT2D eigenvalue weighted by atomic mass is 9.46. The number of hydrogen-bond acceptors (Lipinski definition) is 2. The molecule has 0 aromatic carbocycles. The van der Waals surface area contributed by atoms with Crippen LogP contribution in [0.3, 0.4) is 0 Å². The van der Waals surface area contributed by atoms with Crippen LogP contribution in [-0.2, 0) is 4.79 Å².